The molecule has 0 heterocycles. The first kappa shape index (κ1) is 24.8. The van der Waals surface area contributed by atoms with E-state index in [0.717, 1.165) is 24.3 Å². The Hall–Kier alpha value is -3.51. The van der Waals surface area contributed by atoms with Crippen LogP contribution in [0.25, 0.3) is 0 Å². The maximum Gasteiger partial charge on any atom is 0.573 e. The van der Waals surface area contributed by atoms with Crippen LogP contribution in [0.1, 0.15) is 17.3 Å². The molecule has 1 atom stereocenters. The van der Waals surface area contributed by atoms with Crippen molar-refractivity contribution in [1.29, 1.82) is 0 Å². The zero-order valence-corrected chi connectivity index (χ0v) is 16.1. The zero-order chi connectivity index (χ0) is 24.2. The van der Waals surface area contributed by atoms with Gasteiger partial charge in [-0.15, -0.1) is 13.2 Å². The van der Waals surface area contributed by atoms with E-state index in [2.05, 4.69) is 9.47 Å². The van der Waals surface area contributed by atoms with Crippen LogP contribution in [0, 0.1) is 5.82 Å². The number of hydrogen-bond acceptors (Lipinski definition) is 5. The number of hydrogen-bond donors (Lipinski definition) is 2. The van der Waals surface area contributed by atoms with Gasteiger partial charge in [-0.25, -0.2) is 9.18 Å². The lowest BCUT2D eigenvalue weighted by Crippen LogP contribution is -2.69. The zero-order valence-electron chi connectivity index (χ0n) is 16.1. The fourth-order valence-electron chi connectivity index (χ4n) is 2.47. The number of carbonyl (C=O) groups excluding carboxylic acids is 2. The molecule has 174 valence electrons. The molecular formula is C19H15F7N2O4. The van der Waals surface area contributed by atoms with Crippen LogP contribution in [0.2, 0.25) is 0 Å². The molecule has 0 aliphatic rings. The highest BCUT2D eigenvalue weighted by Gasteiger charge is 2.63. The van der Waals surface area contributed by atoms with E-state index >= 15 is 0 Å². The van der Waals surface area contributed by atoms with E-state index in [9.17, 15) is 40.3 Å². The normalized spacial score (nSPS) is 13.6. The molecule has 0 spiro atoms. The summed E-state index contributed by atoms with van der Waals surface area (Å²) in [6.07, 6.45) is -10.6. The average molecular weight is 468 g/mol. The molecule has 32 heavy (non-hydrogen) atoms. The Kier molecular flexibility index (Phi) is 7.21. The highest BCUT2D eigenvalue weighted by atomic mass is 19.4. The van der Waals surface area contributed by atoms with Gasteiger partial charge in [0.2, 0.25) is 0 Å². The summed E-state index contributed by atoms with van der Waals surface area (Å²) in [7, 11) is 0. The number of anilines is 1. The Bertz CT molecular complexity index is 961. The molecule has 0 bridgehead atoms. The first-order valence-corrected chi connectivity index (χ1v) is 8.74. The Morgan fingerprint density at radius 2 is 1.53 bits per heavy atom. The largest absolute Gasteiger partial charge is 0.573 e. The Morgan fingerprint density at radius 1 is 0.938 bits per heavy atom. The number of ether oxygens (including phenoxy) is 2. The molecule has 2 N–H and O–H groups in total. The molecule has 13 heteroatoms. The third kappa shape index (κ3) is 5.80. The third-order valence-corrected chi connectivity index (χ3v) is 3.85. The molecule has 0 saturated heterocycles. The number of esters is 1. The topological polar surface area (TPSA) is 76.7 Å². The molecule has 2 aromatic carbocycles. The third-order valence-electron chi connectivity index (χ3n) is 3.85. The first-order chi connectivity index (χ1) is 14.8. The number of rotatable bonds is 7. The summed E-state index contributed by atoms with van der Waals surface area (Å²) in [5.74, 6) is -5.48. The van der Waals surface area contributed by atoms with Gasteiger partial charge in [-0.1, -0.05) is 12.1 Å². The van der Waals surface area contributed by atoms with Crippen molar-refractivity contribution in [2.75, 3.05) is 11.9 Å². The molecule has 1 amide bonds. The van der Waals surface area contributed by atoms with Crippen LogP contribution < -0.4 is 15.4 Å². The van der Waals surface area contributed by atoms with Crippen molar-refractivity contribution in [3.8, 4) is 5.75 Å². The number of carbonyl (C=O) groups is 2. The van der Waals surface area contributed by atoms with E-state index in [4.69, 9.17) is 0 Å². The Labute approximate surface area is 176 Å². The minimum Gasteiger partial charge on any atom is -0.463 e. The highest BCUT2D eigenvalue weighted by Crippen LogP contribution is 2.34. The molecule has 0 aliphatic carbocycles. The van der Waals surface area contributed by atoms with Gasteiger partial charge >= 0.3 is 24.2 Å². The summed E-state index contributed by atoms with van der Waals surface area (Å²) in [5, 5.41) is 3.15. The van der Waals surface area contributed by atoms with Gasteiger partial charge in [0.1, 0.15) is 11.6 Å². The molecule has 6 nitrogen and oxygen atoms in total. The van der Waals surface area contributed by atoms with Crippen molar-refractivity contribution in [2.24, 2.45) is 0 Å². The number of halogens is 7. The number of alkyl halides is 6. The average Bonchev–Trinajstić information content (AvgIpc) is 2.67. The van der Waals surface area contributed by atoms with E-state index < -0.39 is 59.5 Å². The van der Waals surface area contributed by atoms with Gasteiger partial charge in [0, 0.05) is 5.69 Å². The molecule has 0 radical (unpaired) electrons. The predicted molar refractivity (Wildman–Crippen MR) is 96.0 cm³/mol. The number of nitrogens with one attached hydrogen (secondary N) is 2. The van der Waals surface area contributed by atoms with Crippen LogP contribution in [-0.4, -0.2) is 36.7 Å². The van der Waals surface area contributed by atoms with Gasteiger partial charge in [0.15, 0.2) is 0 Å². The fraction of sp³-hybridized carbons (Fsp3) is 0.263. The minimum absolute atomic E-state index is 0.508. The lowest BCUT2D eigenvalue weighted by atomic mass is 10.1. The highest BCUT2D eigenvalue weighted by molar-refractivity contribution is 5.99. The molecule has 0 saturated carbocycles. The molecule has 0 fully saturated rings. The van der Waals surface area contributed by atoms with Crippen LogP contribution in [0.4, 0.5) is 36.4 Å². The van der Waals surface area contributed by atoms with Crippen molar-refractivity contribution in [2.45, 2.75) is 25.1 Å². The minimum atomic E-state index is -5.53. The van der Waals surface area contributed by atoms with Gasteiger partial charge in [0.05, 0.1) is 12.2 Å². The van der Waals surface area contributed by atoms with Gasteiger partial charge < -0.3 is 20.1 Å². The van der Waals surface area contributed by atoms with E-state index in [1.165, 1.54) is 24.4 Å². The quantitative estimate of drug-likeness (QED) is 0.358. The Morgan fingerprint density at radius 3 is 2.03 bits per heavy atom. The molecule has 0 aliphatic heterocycles. The second-order valence-electron chi connectivity index (χ2n) is 6.10. The van der Waals surface area contributed by atoms with Crippen molar-refractivity contribution in [1.82, 2.24) is 5.32 Å². The summed E-state index contributed by atoms with van der Waals surface area (Å²) in [6, 6.07) is 6.94. The number of benzene rings is 2. The lowest BCUT2D eigenvalue weighted by molar-refractivity contribution is -0.274. The summed E-state index contributed by atoms with van der Waals surface area (Å²) in [6.45, 7) is 0.702. The summed E-state index contributed by atoms with van der Waals surface area (Å²) in [5.41, 5.74) is -5.21. The van der Waals surface area contributed by atoms with Crippen molar-refractivity contribution < 1.29 is 49.8 Å². The van der Waals surface area contributed by atoms with Crippen LogP contribution in [-0.2, 0) is 9.53 Å². The molecular weight excluding hydrogens is 453 g/mol. The number of amides is 1. The summed E-state index contributed by atoms with van der Waals surface area (Å²) >= 11 is 0. The standard InChI is InChI=1S/C19H15F7N2O4/c1-2-31-16(30)17(18(21,22)23,28-15(29)13-5-3-4-6-14(13)20)27-11-7-9-12(10-8-11)32-19(24,25)26/h3-10,27H,2H2,1H3,(H,28,29)/t17-/m1/s1. The second kappa shape index (κ2) is 9.32. The van der Waals surface area contributed by atoms with Gasteiger partial charge in [-0.05, 0) is 43.3 Å². The van der Waals surface area contributed by atoms with Crippen molar-refractivity contribution in [3.63, 3.8) is 0 Å². The van der Waals surface area contributed by atoms with Crippen molar-refractivity contribution in [3.05, 3.63) is 59.9 Å². The van der Waals surface area contributed by atoms with Crippen molar-refractivity contribution >= 4 is 17.6 Å². The summed E-state index contributed by atoms with van der Waals surface area (Å²) in [4.78, 5) is 24.7. The lowest BCUT2D eigenvalue weighted by Gasteiger charge is -2.35. The van der Waals surface area contributed by atoms with Gasteiger partial charge in [-0.2, -0.15) is 13.2 Å². The van der Waals surface area contributed by atoms with E-state index in [1.807, 2.05) is 0 Å². The first-order valence-electron chi connectivity index (χ1n) is 8.74. The molecule has 2 aromatic rings. The fourth-order valence-corrected chi connectivity index (χ4v) is 2.47. The van der Waals surface area contributed by atoms with E-state index in [0.29, 0.717) is 12.1 Å². The monoisotopic (exact) mass is 468 g/mol. The van der Waals surface area contributed by atoms with Crippen LogP contribution in [0.3, 0.4) is 0 Å². The molecule has 2 rings (SSSR count). The summed E-state index contributed by atoms with van der Waals surface area (Å²) < 4.78 is 101. The Balaban J connectivity index is 2.46. The van der Waals surface area contributed by atoms with E-state index in [1.54, 1.807) is 5.32 Å². The maximum atomic E-state index is 14.1. The van der Waals surface area contributed by atoms with Crippen LogP contribution in [0.5, 0.6) is 5.75 Å². The molecule has 0 unspecified atom stereocenters. The SMILES string of the molecule is CCOC(=O)[C@](NC(=O)c1ccccc1F)(Nc1ccc(OC(F)(F)F)cc1)C(F)(F)F. The smallest absolute Gasteiger partial charge is 0.463 e. The second-order valence-corrected chi connectivity index (χ2v) is 6.10. The van der Waals surface area contributed by atoms with E-state index in [-0.39, 0.29) is 0 Å². The predicted octanol–water partition coefficient (Wildman–Crippen LogP) is 4.39. The van der Waals surface area contributed by atoms with Crippen LogP contribution in [0.15, 0.2) is 48.5 Å². The molecule has 0 aromatic heterocycles. The maximum absolute atomic E-state index is 14.1. The van der Waals surface area contributed by atoms with Gasteiger partial charge in [0.25, 0.3) is 5.91 Å². The van der Waals surface area contributed by atoms with Gasteiger partial charge in [-0.3, -0.25) is 4.79 Å². The van der Waals surface area contributed by atoms with Crippen LogP contribution >= 0.6 is 0 Å².